The lowest BCUT2D eigenvalue weighted by Crippen LogP contribution is -2.47. The van der Waals surface area contributed by atoms with Crippen molar-refractivity contribution in [3.63, 3.8) is 0 Å². The van der Waals surface area contributed by atoms with Crippen LogP contribution in [0.3, 0.4) is 0 Å². The van der Waals surface area contributed by atoms with Crippen molar-refractivity contribution in [3.05, 3.63) is 29.3 Å². The van der Waals surface area contributed by atoms with Crippen molar-refractivity contribution in [2.24, 2.45) is 10.9 Å². The van der Waals surface area contributed by atoms with Crippen LogP contribution in [-0.4, -0.2) is 36.4 Å². The zero-order valence-electron chi connectivity index (χ0n) is 12.7. The van der Waals surface area contributed by atoms with Gasteiger partial charge in [0.2, 0.25) is 0 Å². The van der Waals surface area contributed by atoms with Gasteiger partial charge in [0.05, 0.1) is 18.8 Å². The lowest BCUT2D eigenvalue weighted by atomic mass is 9.94. The zero-order chi connectivity index (χ0) is 15.5. The fourth-order valence-corrected chi connectivity index (χ4v) is 2.49. The van der Waals surface area contributed by atoms with Gasteiger partial charge in [-0.3, -0.25) is 0 Å². The highest BCUT2D eigenvalue weighted by atomic mass is 16.5. The Morgan fingerprint density at radius 2 is 2.38 bits per heavy atom. The van der Waals surface area contributed by atoms with Gasteiger partial charge in [-0.1, -0.05) is 11.2 Å². The molecule has 0 saturated carbocycles. The standard InChI is InChI=1S/C15H23N3O3/c1-10-15(2,6-7-21-10)17-9-11-4-5-13(20-3)12(8-11)14(16)18-19/h4-5,8,10,17,19H,6-7,9H2,1-3H3,(H2,16,18). The number of amidine groups is 1. The van der Waals surface area contributed by atoms with Crippen molar-refractivity contribution >= 4 is 5.84 Å². The van der Waals surface area contributed by atoms with Crippen LogP contribution in [0.25, 0.3) is 0 Å². The Hall–Kier alpha value is -1.79. The molecule has 1 aliphatic rings. The minimum atomic E-state index is -0.0310. The van der Waals surface area contributed by atoms with Crippen LogP contribution in [0.4, 0.5) is 0 Å². The molecule has 0 amide bonds. The molecule has 2 atom stereocenters. The van der Waals surface area contributed by atoms with E-state index in [-0.39, 0.29) is 17.5 Å². The number of benzene rings is 1. The van der Waals surface area contributed by atoms with E-state index in [9.17, 15) is 0 Å². The minimum absolute atomic E-state index is 0.0310. The van der Waals surface area contributed by atoms with E-state index < -0.39 is 0 Å². The smallest absolute Gasteiger partial charge is 0.173 e. The molecule has 6 heteroatoms. The fraction of sp³-hybridized carbons (Fsp3) is 0.533. The summed E-state index contributed by atoms with van der Waals surface area (Å²) in [5, 5.41) is 15.4. The van der Waals surface area contributed by atoms with E-state index in [1.807, 2.05) is 18.2 Å². The molecule has 2 rings (SSSR count). The Morgan fingerprint density at radius 3 is 2.95 bits per heavy atom. The quantitative estimate of drug-likeness (QED) is 0.331. The number of nitrogens with one attached hydrogen (secondary N) is 1. The monoisotopic (exact) mass is 293 g/mol. The average molecular weight is 293 g/mol. The van der Waals surface area contributed by atoms with E-state index in [1.54, 1.807) is 7.11 Å². The predicted molar refractivity (Wildman–Crippen MR) is 80.8 cm³/mol. The van der Waals surface area contributed by atoms with Crippen molar-refractivity contribution in [2.75, 3.05) is 13.7 Å². The highest BCUT2D eigenvalue weighted by Gasteiger charge is 2.36. The summed E-state index contributed by atoms with van der Waals surface area (Å²) in [7, 11) is 1.56. The lowest BCUT2D eigenvalue weighted by Gasteiger charge is -2.29. The number of ether oxygens (including phenoxy) is 2. The molecule has 0 spiro atoms. The molecule has 2 unspecified atom stereocenters. The number of methoxy groups -OCH3 is 1. The first kappa shape index (κ1) is 15.6. The van der Waals surface area contributed by atoms with Crippen LogP contribution in [0.15, 0.2) is 23.4 Å². The molecule has 6 nitrogen and oxygen atoms in total. The van der Waals surface area contributed by atoms with Gasteiger partial charge >= 0.3 is 0 Å². The Bertz CT molecular complexity index is 533. The molecule has 1 aromatic rings. The summed E-state index contributed by atoms with van der Waals surface area (Å²) < 4.78 is 10.8. The van der Waals surface area contributed by atoms with Gasteiger partial charge in [-0.15, -0.1) is 0 Å². The molecule has 0 radical (unpaired) electrons. The molecule has 0 aliphatic carbocycles. The van der Waals surface area contributed by atoms with Crippen LogP contribution < -0.4 is 15.8 Å². The summed E-state index contributed by atoms with van der Waals surface area (Å²) >= 11 is 0. The van der Waals surface area contributed by atoms with Gasteiger partial charge in [0.1, 0.15) is 5.75 Å². The van der Waals surface area contributed by atoms with Gasteiger partial charge in [0, 0.05) is 18.7 Å². The Labute approximate surface area is 124 Å². The van der Waals surface area contributed by atoms with Gasteiger partial charge in [0.25, 0.3) is 0 Å². The van der Waals surface area contributed by atoms with E-state index in [0.717, 1.165) is 18.6 Å². The maximum absolute atomic E-state index is 8.85. The van der Waals surface area contributed by atoms with E-state index >= 15 is 0 Å². The van der Waals surface area contributed by atoms with E-state index in [2.05, 4.69) is 24.3 Å². The molecule has 1 saturated heterocycles. The van der Waals surface area contributed by atoms with Gasteiger partial charge in [-0.05, 0) is 38.0 Å². The Morgan fingerprint density at radius 1 is 1.62 bits per heavy atom. The number of hydrogen-bond donors (Lipinski definition) is 3. The normalized spacial score (nSPS) is 26.0. The lowest BCUT2D eigenvalue weighted by molar-refractivity contribution is 0.0881. The molecule has 0 aromatic heterocycles. The van der Waals surface area contributed by atoms with Crippen molar-refractivity contribution in [2.45, 2.75) is 38.5 Å². The van der Waals surface area contributed by atoms with Crippen molar-refractivity contribution in [1.82, 2.24) is 5.32 Å². The maximum Gasteiger partial charge on any atom is 0.173 e. The Kier molecular flexibility index (Phi) is 4.69. The fourth-order valence-electron chi connectivity index (χ4n) is 2.49. The van der Waals surface area contributed by atoms with Gasteiger partial charge < -0.3 is 25.7 Å². The minimum Gasteiger partial charge on any atom is -0.496 e. The number of rotatable bonds is 5. The van der Waals surface area contributed by atoms with Crippen LogP contribution in [-0.2, 0) is 11.3 Å². The van der Waals surface area contributed by atoms with Gasteiger partial charge in [-0.2, -0.15) is 0 Å². The molecule has 0 bridgehead atoms. The molecular weight excluding hydrogens is 270 g/mol. The Balaban J connectivity index is 2.14. The maximum atomic E-state index is 8.85. The van der Waals surface area contributed by atoms with Crippen molar-refractivity contribution < 1.29 is 14.7 Å². The second-order valence-electron chi connectivity index (χ2n) is 5.55. The van der Waals surface area contributed by atoms with Crippen LogP contribution in [0.5, 0.6) is 5.75 Å². The predicted octanol–water partition coefficient (Wildman–Crippen LogP) is 1.45. The molecule has 1 heterocycles. The summed E-state index contributed by atoms with van der Waals surface area (Å²) in [4.78, 5) is 0. The molecule has 116 valence electrons. The van der Waals surface area contributed by atoms with Crippen LogP contribution >= 0.6 is 0 Å². The van der Waals surface area contributed by atoms with E-state index in [0.29, 0.717) is 17.9 Å². The first-order chi connectivity index (χ1) is 10.00. The average Bonchev–Trinajstić information content (AvgIpc) is 2.84. The topological polar surface area (TPSA) is 89.1 Å². The van der Waals surface area contributed by atoms with E-state index in [1.165, 1.54) is 0 Å². The summed E-state index contributed by atoms with van der Waals surface area (Å²) in [6.45, 7) is 5.71. The van der Waals surface area contributed by atoms with E-state index in [4.69, 9.17) is 20.4 Å². The third kappa shape index (κ3) is 3.28. The van der Waals surface area contributed by atoms with Gasteiger partial charge in [-0.25, -0.2) is 0 Å². The second-order valence-corrected chi connectivity index (χ2v) is 5.55. The highest BCUT2D eigenvalue weighted by Crippen LogP contribution is 2.26. The SMILES string of the molecule is COc1ccc(CNC2(C)CCOC2C)cc1/C(N)=N/O. The highest BCUT2D eigenvalue weighted by molar-refractivity contribution is 5.99. The third-order valence-corrected chi connectivity index (χ3v) is 4.23. The number of hydrogen-bond acceptors (Lipinski definition) is 5. The first-order valence-corrected chi connectivity index (χ1v) is 7.01. The zero-order valence-corrected chi connectivity index (χ0v) is 12.7. The third-order valence-electron chi connectivity index (χ3n) is 4.23. The molecule has 1 aromatic carbocycles. The number of nitrogens with zero attached hydrogens (tertiary/aromatic N) is 1. The van der Waals surface area contributed by atoms with Gasteiger partial charge in [0.15, 0.2) is 5.84 Å². The molecule has 1 fully saturated rings. The van der Waals surface area contributed by atoms with Crippen molar-refractivity contribution in [3.8, 4) is 5.75 Å². The molecule has 1 aliphatic heterocycles. The number of oxime groups is 1. The molecule has 4 N–H and O–H groups in total. The summed E-state index contributed by atoms with van der Waals surface area (Å²) in [5.41, 5.74) is 7.28. The number of nitrogens with two attached hydrogens (primary N) is 1. The summed E-state index contributed by atoms with van der Waals surface area (Å²) in [5.74, 6) is 0.621. The summed E-state index contributed by atoms with van der Waals surface area (Å²) in [6.07, 6.45) is 1.16. The molecule has 21 heavy (non-hydrogen) atoms. The summed E-state index contributed by atoms with van der Waals surface area (Å²) in [6, 6.07) is 5.65. The van der Waals surface area contributed by atoms with Crippen molar-refractivity contribution in [1.29, 1.82) is 0 Å². The molecular formula is C15H23N3O3. The largest absolute Gasteiger partial charge is 0.496 e. The first-order valence-electron chi connectivity index (χ1n) is 7.01. The van der Waals surface area contributed by atoms with Crippen LogP contribution in [0, 0.1) is 0 Å². The van der Waals surface area contributed by atoms with Crippen LogP contribution in [0.1, 0.15) is 31.4 Å². The van der Waals surface area contributed by atoms with Crippen LogP contribution in [0.2, 0.25) is 0 Å². The second kappa shape index (κ2) is 6.32.